The third kappa shape index (κ3) is 1.64. The highest BCUT2D eigenvalue weighted by Gasteiger charge is 2.03. The van der Waals surface area contributed by atoms with E-state index in [1.54, 1.807) is 0 Å². The van der Waals surface area contributed by atoms with Crippen LogP contribution in [0.15, 0.2) is 0 Å². The van der Waals surface area contributed by atoms with Crippen molar-refractivity contribution in [2.75, 3.05) is 0 Å². The zero-order valence-electron chi connectivity index (χ0n) is 5.62. The Morgan fingerprint density at radius 1 is 1.50 bits per heavy atom. The summed E-state index contributed by atoms with van der Waals surface area (Å²) in [5.74, 6) is 0.859. The van der Waals surface area contributed by atoms with Crippen LogP contribution in [0.4, 0.5) is 0 Å². The van der Waals surface area contributed by atoms with E-state index >= 15 is 0 Å². The molecule has 0 unspecified atom stereocenters. The molecule has 0 saturated heterocycles. The maximum Gasteiger partial charge on any atom is 0.166 e. The van der Waals surface area contributed by atoms with Gasteiger partial charge in [-0.2, -0.15) is 0 Å². The molecule has 0 radical (unpaired) electrons. The lowest BCUT2D eigenvalue weighted by atomic mass is 10.3. The number of halogens is 2. The Labute approximate surface area is 69.6 Å². The van der Waals surface area contributed by atoms with Gasteiger partial charge in [0.1, 0.15) is 11.0 Å². The van der Waals surface area contributed by atoms with Crippen molar-refractivity contribution in [1.82, 2.24) is 9.97 Å². The van der Waals surface area contributed by atoms with E-state index in [9.17, 15) is 0 Å². The second-order valence-corrected chi connectivity index (χ2v) is 2.77. The zero-order chi connectivity index (χ0) is 7.56. The quantitative estimate of drug-likeness (QED) is 0.742. The van der Waals surface area contributed by atoms with Crippen LogP contribution in [0.1, 0.15) is 19.2 Å². The van der Waals surface area contributed by atoms with Gasteiger partial charge in [-0.1, -0.05) is 30.1 Å². The van der Waals surface area contributed by atoms with Gasteiger partial charge in [-0.3, -0.25) is 0 Å². The number of aryl methyl sites for hydroxylation is 1. The molecule has 4 heteroatoms. The molecule has 0 aromatic carbocycles. The lowest BCUT2D eigenvalue weighted by Crippen LogP contribution is -1.84. The SMILES string of the molecule is CCCc1nc(Cl)c(Cl)[nH]1. The average molecular weight is 179 g/mol. The van der Waals surface area contributed by atoms with E-state index in [0.717, 1.165) is 18.7 Å². The summed E-state index contributed by atoms with van der Waals surface area (Å²) in [5, 5.41) is 0.801. The average Bonchev–Trinajstić information content (AvgIpc) is 2.14. The van der Waals surface area contributed by atoms with Crippen LogP contribution in [0, 0.1) is 0 Å². The van der Waals surface area contributed by atoms with Crippen LogP contribution in [-0.4, -0.2) is 9.97 Å². The highest BCUT2D eigenvalue weighted by Crippen LogP contribution is 2.18. The first kappa shape index (κ1) is 7.89. The molecule has 1 rings (SSSR count). The Hall–Kier alpha value is -0.210. The largest absolute Gasteiger partial charge is 0.332 e. The van der Waals surface area contributed by atoms with Gasteiger partial charge in [0.25, 0.3) is 0 Å². The zero-order valence-corrected chi connectivity index (χ0v) is 7.13. The van der Waals surface area contributed by atoms with Gasteiger partial charge in [0.2, 0.25) is 0 Å². The fraction of sp³-hybridized carbons (Fsp3) is 0.500. The number of nitrogens with zero attached hydrogens (tertiary/aromatic N) is 1. The first-order valence-electron chi connectivity index (χ1n) is 3.14. The van der Waals surface area contributed by atoms with Gasteiger partial charge in [0.15, 0.2) is 5.15 Å². The van der Waals surface area contributed by atoms with Crippen molar-refractivity contribution in [3.05, 3.63) is 16.1 Å². The maximum absolute atomic E-state index is 5.62. The number of H-pyrrole nitrogens is 1. The molecule has 1 aromatic rings. The number of hydrogen-bond donors (Lipinski definition) is 1. The molecule has 0 aliphatic carbocycles. The summed E-state index contributed by atoms with van der Waals surface area (Å²) in [5.41, 5.74) is 0. The molecule has 1 aromatic heterocycles. The molecule has 0 amide bonds. The minimum atomic E-state index is 0.366. The number of hydrogen-bond acceptors (Lipinski definition) is 1. The first-order valence-corrected chi connectivity index (χ1v) is 3.89. The van der Waals surface area contributed by atoms with Gasteiger partial charge in [-0.05, 0) is 6.42 Å². The van der Waals surface area contributed by atoms with Crippen LogP contribution in [0.3, 0.4) is 0 Å². The van der Waals surface area contributed by atoms with E-state index < -0.39 is 0 Å². The van der Waals surface area contributed by atoms with E-state index in [-0.39, 0.29) is 0 Å². The summed E-state index contributed by atoms with van der Waals surface area (Å²) in [6.07, 6.45) is 1.94. The molecular weight excluding hydrogens is 171 g/mol. The fourth-order valence-corrected chi connectivity index (χ4v) is 1.03. The second kappa shape index (κ2) is 3.26. The third-order valence-electron chi connectivity index (χ3n) is 1.16. The number of aromatic nitrogens is 2. The Morgan fingerprint density at radius 2 is 2.20 bits per heavy atom. The smallest absolute Gasteiger partial charge is 0.166 e. The predicted octanol–water partition coefficient (Wildman–Crippen LogP) is 2.67. The Kier molecular flexibility index (Phi) is 2.57. The molecule has 1 N–H and O–H groups in total. The summed E-state index contributed by atoms with van der Waals surface area (Å²) >= 11 is 11.2. The van der Waals surface area contributed by atoms with Crippen molar-refractivity contribution in [3.8, 4) is 0 Å². The number of rotatable bonds is 2. The molecule has 1 heterocycles. The number of aromatic amines is 1. The van der Waals surface area contributed by atoms with Crippen LogP contribution in [0.25, 0.3) is 0 Å². The van der Waals surface area contributed by atoms with Crippen LogP contribution in [-0.2, 0) is 6.42 Å². The van der Waals surface area contributed by atoms with Crippen LogP contribution in [0.5, 0.6) is 0 Å². The van der Waals surface area contributed by atoms with Crippen molar-refractivity contribution in [2.45, 2.75) is 19.8 Å². The van der Waals surface area contributed by atoms with Crippen molar-refractivity contribution < 1.29 is 0 Å². The monoisotopic (exact) mass is 178 g/mol. The number of nitrogens with one attached hydrogen (secondary N) is 1. The Bertz CT molecular complexity index is 200. The first-order chi connectivity index (χ1) is 4.74. The molecule has 56 valence electrons. The minimum absolute atomic E-state index is 0.366. The van der Waals surface area contributed by atoms with E-state index in [2.05, 4.69) is 16.9 Å². The van der Waals surface area contributed by atoms with Crippen LogP contribution < -0.4 is 0 Å². The second-order valence-electron chi connectivity index (χ2n) is 2.04. The minimum Gasteiger partial charge on any atom is -0.332 e. The molecule has 0 fully saturated rings. The number of imidazole rings is 1. The topological polar surface area (TPSA) is 28.7 Å². The molecule has 0 spiro atoms. The summed E-state index contributed by atoms with van der Waals surface area (Å²) in [6, 6.07) is 0. The van der Waals surface area contributed by atoms with Gasteiger partial charge in [0.05, 0.1) is 0 Å². The standard InChI is InChI=1S/C6H8Cl2N2/c1-2-3-4-9-5(7)6(8)10-4/h2-3H2,1H3,(H,9,10). The highest BCUT2D eigenvalue weighted by molar-refractivity contribution is 6.40. The van der Waals surface area contributed by atoms with E-state index in [1.165, 1.54) is 0 Å². The van der Waals surface area contributed by atoms with Crippen molar-refractivity contribution in [3.63, 3.8) is 0 Å². The normalized spacial score (nSPS) is 10.3. The molecule has 0 bridgehead atoms. The van der Waals surface area contributed by atoms with Gasteiger partial charge < -0.3 is 4.98 Å². The maximum atomic E-state index is 5.62. The van der Waals surface area contributed by atoms with Crippen LogP contribution >= 0.6 is 23.2 Å². The summed E-state index contributed by atoms with van der Waals surface area (Å²) in [4.78, 5) is 6.85. The molecule has 2 nitrogen and oxygen atoms in total. The third-order valence-corrected chi connectivity index (χ3v) is 1.80. The van der Waals surface area contributed by atoms with Gasteiger partial charge >= 0.3 is 0 Å². The van der Waals surface area contributed by atoms with E-state index in [0.29, 0.717) is 10.3 Å². The molecular formula is C6H8Cl2N2. The summed E-state index contributed by atoms with van der Waals surface area (Å²) in [7, 11) is 0. The lowest BCUT2D eigenvalue weighted by molar-refractivity contribution is 0.857. The van der Waals surface area contributed by atoms with Gasteiger partial charge in [-0.25, -0.2) is 4.98 Å². The Balaban J connectivity index is 2.77. The summed E-state index contributed by atoms with van der Waals surface area (Å²) < 4.78 is 0. The fourth-order valence-electron chi connectivity index (χ4n) is 0.729. The predicted molar refractivity (Wildman–Crippen MR) is 42.6 cm³/mol. The van der Waals surface area contributed by atoms with Gasteiger partial charge in [-0.15, -0.1) is 0 Å². The molecule has 0 saturated carbocycles. The van der Waals surface area contributed by atoms with E-state index in [4.69, 9.17) is 23.2 Å². The molecule has 0 aliphatic heterocycles. The van der Waals surface area contributed by atoms with Crippen LogP contribution in [0.2, 0.25) is 10.3 Å². The molecule has 10 heavy (non-hydrogen) atoms. The molecule has 0 atom stereocenters. The Morgan fingerprint density at radius 3 is 2.60 bits per heavy atom. The van der Waals surface area contributed by atoms with Gasteiger partial charge in [0, 0.05) is 6.42 Å². The molecule has 0 aliphatic rings. The van der Waals surface area contributed by atoms with E-state index in [1.807, 2.05) is 0 Å². The lowest BCUT2D eigenvalue weighted by Gasteiger charge is -1.86. The van der Waals surface area contributed by atoms with Crippen molar-refractivity contribution in [2.24, 2.45) is 0 Å². The highest BCUT2D eigenvalue weighted by atomic mass is 35.5. The van der Waals surface area contributed by atoms with Crippen molar-refractivity contribution >= 4 is 23.2 Å². The van der Waals surface area contributed by atoms with Crippen molar-refractivity contribution in [1.29, 1.82) is 0 Å². The summed E-state index contributed by atoms with van der Waals surface area (Å²) in [6.45, 7) is 2.07.